The summed E-state index contributed by atoms with van der Waals surface area (Å²) in [6.07, 6.45) is 2.29. The highest BCUT2D eigenvalue weighted by Gasteiger charge is 2.53. The number of ether oxygens (including phenoxy) is 3. The molecule has 0 bridgehead atoms. The second-order valence-corrected chi connectivity index (χ2v) is 4.84. The largest absolute Gasteiger partial charge is 0.462 e. The number of fused-ring (bicyclic) bond motifs is 1. The van der Waals surface area contributed by atoms with Gasteiger partial charge in [0.05, 0.1) is 13.2 Å². The maximum Gasteiger partial charge on any atom is 0.306 e. The normalized spacial score (nSPS) is 43.0. The van der Waals surface area contributed by atoms with E-state index in [9.17, 15) is 4.79 Å². The van der Waals surface area contributed by atoms with Gasteiger partial charge < -0.3 is 14.2 Å². The first kappa shape index (κ1) is 9.60. The van der Waals surface area contributed by atoms with E-state index in [1.807, 2.05) is 6.92 Å². The molecule has 3 rings (SSSR count). The van der Waals surface area contributed by atoms with E-state index in [2.05, 4.69) is 0 Å². The van der Waals surface area contributed by atoms with E-state index in [-0.39, 0.29) is 12.1 Å². The van der Waals surface area contributed by atoms with Gasteiger partial charge in [-0.2, -0.15) is 0 Å². The van der Waals surface area contributed by atoms with E-state index >= 15 is 0 Å². The van der Waals surface area contributed by atoms with Crippen molar-refractivity contribution in [1.29, 1.82) is 0 Å². The molecule has 1 saturated carbocycles. The molecular formula is C11H16O4. The minimum atomic E-state index is -0.391. The Labute approximate surface area is 88.9 Å². The van der Waals surface area contributed by atoms with Crippen LogP contribution in [0.4, 0.5) is 0 Å². The molecular weight excluding hydrogens is 196 g/mol. The van der Waals surface area contributed by atoms with E-state index in [1.54, 1.807) is 0 Å². The van der Waals surface area contributed by atoms with E-state index in [0.29, 0.717) is 31.5 Å². The van der Waals surface area contributed by atoms with Gasteiger partial charge in [-0.25, -0.2) is 0 Å². The molecule has 0 amide bonds. The first-order valence-electron chi connectivity index (χ1n) is 5.66. The minimum Gasteiger partial charge on any atom is -0.462 e. The average molecular weight is 212 g/mol. The molecule has 15 heavy (non-hydrogen) atoms. The molecule has 4 heteroatoms. The van der Waals surface area contributed by atoms with Crippen molar-refractivity contribution in [3.8, 4) is 0 Å². The molecule has 2 saturated heterocycles. The van der Waals surface area contributed by atoms with Gasteiger partial charge in [0, 0.05) is 25.2 Å². The van der Waals surface area contributed by atoms with Crippen LogP contribution < -0.4 is 0 Å². The SMILES string of the molecule is C[C@@H]1OC(=O)C[C@H]2CC3(C[C@H]21)OCCO3. The highest BCUT2D eigenvalue weighted by atomic mass is 16.7. The highest BCUT2D eigenvalue weighted by Crippen LogP contribution is 2.49. The molecule has 2 aliphatic heterocycles. The molecule has 2 heterocycles. The standard InChI is InChI=1S/C11H16O4/c1-7-9-6-11(13-2-3-14-11)5-8(9)4-10(12)15-7/h7-9H,2-6H2,1H3/t7-,8-,9-/m0/s1. The average Bonchev–Trinajstić information content (AvgIpc) is 2.74. The molecule has 0 aromatic rings. The van der Waals surface area contributed by atoms with E-state index in [0.717, 1.165) is 12.8 Å². The van der Waals surface area contributed by atoms with Crippen molar-refractivity contribution in [1.82, 2.24) is 0 Å². The van der Waals surface area contributed by atoms with Crippen molar-refractivity contribution in [2.45, 2.75) is 38.1 Å². The molecule has 4 nitrogen and oxygen atoms in total. The van der Waals surface area contributed by atoms with Gasteiger partial charge in [-0.1, -0.05) is 0 Å². The second-order valence-electron chi connectivity index (χ2n) is 4.84. The Bertz CT molecular complexity index is 282. The Hall–Kier alpha value is -0.610. The van der Waals surface area contributed by atoms with E-state index in [4.69, 9.17) is 14.2 Å². The van der Waals surface area contributed by atoms with E-state index < -0.39 is 5.79 Å². The molecule has 0 unspecified atom stereocenters. The predicted molar refractivity (Wildman–Crippen MR) is 51.0 cm³/mol. The van der Waals surface area contributed by atoms with Crippen molar-refractivity contribution in [2.24, 2.45) is 11.8 Å². The number of hydrogen-bond donors (Lipinski definition) is 0. The van der Waals surface area contributed by atoms with Crippen LogP contribution in [-0.4, -0.2) is 31.1 Å². The van der Waals surface area contributed by atoms with Crippen LogP contribution in [0.5, 0.6) is 0 Å². The summed E-state index contributed by atoms with van der Waals surface area (Å²) in [6, 6.07) is 0. The molecule has 0 radical (unpaired) electrons. The summed E-state index contributed by atoms with van der Waals surface area (Å²) in [7, 11) is 0. The van der Waals surface area contributed by atoms with Crippen LogP contribution in [-0.2, 0) is 19.0 Å². The van der Waals surface area contributed by atoms with Crippen molar-refractivity contribution < 1.29 is 19.0 Å². The van der Waals surface area contributed by atoms with Gasteiger partial charge in [0.2, 0.25) is 0 Å². The Kier molecular flexibility index (Phi) is 2.04. The number of hydrogen-bond acceptors (Lipinski definition) is 4. The number of rotatable bonds is 0. The van der Waals surface area contributed by atoms with Gasteiger partial charge in [-0.15, -0.1) is 0 Å². The summed E-state index contributed by atoms with van der Waals surface area (Å²) < 4.78 is 16.6. The van der Waals surface area contributed by atoms with Gasteiger partial charge in [-0.05, 0) is 12.8 Å². The van der Waals surface area contributed by atoms with E-state index in [1.165, 1.54) is 0 Å². The maximum absolute atomic E-state index is 11.3. The fourth-order valence-corrected chi connectivity index (χ4v) is 3.22. The summed E-state index contributed by atoms with van der Waals surface area (Å²) in [5.74, 6) is 0.344. The molecule has 0 aromatic heterocycles. The summed E-state index contributed by atoms with van der Waals surface area (Å²) in [4.78, 5) is 11.3. The molecule has 3 aliphatic rings. The lowest BCUT2D eigenvalue weighted by Gasteiger charge is -2.30. The fraction of sp³-hybridized carbons (Fsp3) is 0.909. The van der Waals surface area contributed by atoms with Crippen LogP contribution in [0, 0.1) is 11.8 Å². The summed E-state index contributed by atoms with van der Waals surface area (Å²) >= 11 is 0. The quantitative estimate of drug-likeness (QED) is 0.564. The molecule has 3 atom stereocenters. The minimum absolute atomic E-state index is 0.0171. The van der Waals surface area contributed by atoms with Crippen LogP contribution in [0.1, 0.15) is 26.2 Å². The summed E-state index contributed by atoms with van der Waals surface area (Å²) in [6.45, 7) is 3.34. The third kappa shape index (κ3) is 1.47. The number of carbonyl (C=O) groups excluding carboxylic acids is 1. The zero-order valence-electron chi connectivity index (χ0n) is 8.90. The monoisotopic (exact) mass is 212 g/mol. The van der Waals surface area contributed by atoms with Crippen molar-refractivity contribution in [3.63, 3.8) is 0 Å². The molecule has 0 aromatic carbocycles. The van der Waals surface area contributed by atoms with Gasteiger partial charge in [0.1, 0.15) is 6.10 Å². The zero-order valence-corrected chi connectivity index (χ0v) is 8.90. The number of esters is 1. The summed E-state index contributed by atoms with van der Waals surface area (Å²) in [5, 5.41) is 0. The summed E-state index contributed by atoms with van der Waals surface area (Å²) in [5.41, 5.74) is 0. The zero-order chi connectivity index (χ0) is 10.5. The van der Waals surface area contributed by atoms with Crippen molar-refractivity contribution in [3.05, 3.63) is 0 Å². The second kappa shape index (κ2) is 3.19. The third-order valence-electron chi connectivity index (χ3n) is 3.89. The Balaban J connectivity index is 1.79. The Morgan fingerprint density at radius 3 is 2.73 bits per heavy atom. The molecule has 84 valence electrons. The number of carbonyl (C=O) groups is 1. The predicted octanol–water partition coefficient (Wildman–Crippen LogP) is 1.09. The van der Waals surface area contributed by atoms with Crippen molar-refractivity contribution >= 4 is 5.97 Å². The van der Waals surface area contributed by atoms with Crippen LogP contribution in [0.3, 0.4) is 0 Å². The first-order chi connectivity index (χ1) is 7.19. The smallest absolute Gasteiger partial charge is 0.306 e. The molecule has 1 spiro atoms. The lowest BCUT2D eigenvalue weighted by Crippen LogP contribution is -2.34. The van der Waals surface area contributed by atoms with Crippen LogP contribution in [0.2, 0.25) is 0 Å². The molecule has 0 N–H and O–H groups in total. The third-order valence-corrected chi connectivity index (χ3v) is 3.89. The maximum atomic E-state index is 11.3. The topological polar surface area (TPSA) is 44.8 Å². The van der Waals surface area contributed by atoms with Gasteiger partial charge in [0.15, 0.2) is 5.79 Å². The van der Waals surface area contributed by atoms with Gasteiger partial charge >= 0.3 is 5.97 Å². The van der Waals surface area contributed by atoms with Crippen molar-refractivity contribution in [2.75, 3.05) is 13.2 Å². The Morgan fingerprint density at radius 1 is 1.27 bits per heavy atom. The van der Waals surface area contributed by atoms with Crippen LogP contribution in [0.15, 0.2) is 0 Å². The van der Waals surface area contributed by atoms with Gasteiger partial charge in [0.25, 0.3) is 0 Å². The first-order valence-corrected chi connectivity index (χ1v) is 5.66. The molecule has 1 aliphatic carbocycles. The highest BCUT2D eigenvalue weighted by molar-refractivity contribution is 5.71. The number of cyclic esters (lactones) is 1. The Morgan fingerprint density at radius 2 is 2.00 bits per heavy atom. The molecule has 3 fully saturated rings. The lowest BCUT2D eigenvalue weighted by atomic mass is 9.87. The lowest BCUT2D eigenvalue weighted by molar-refractivity contribution is -0.161. The fourth-order valence-electron chi connectivity index (χ4n) is 3.22. The van der Waals surface area contributed by atoms with Crippen LogP contribution in [0.25, 0.3) is 0 Å². The van der Waals surface area contributed by atoms with Gasteiger partial charge in [-0.3, -0.25) is 4.79 Å². The van der Waals surface area contributed by atoms with Crippen LogP contribution >= 0.6 is 0 Å².